The monoisotopic (exact) mass is 444 g/mol. The second-order valence-electron chi connectivity index (χ2n) is 8.13. The molecule has 1 fully saturated rings. The summed E-state index contributed by atoms with van der Waals surface area (Å²) in [6.07, 6.45) is 7.41. The smallest absolute Gasteiger partial charge is 0.343 e. The third-order valence-electron chi connectivity index (χ3n) is 6.03. The van der Waals surface area contributed by atoms with E-state index in [0.717, 1.165) is 42.8 Å². The lowest BCUT2D eigenvalue weighted by molar-refractivity contribution is -0.132. The van der Waals surface area contributed by atoms with E-state index in [4.69, 9.17) is 4.42 Å². The van der Waals surface area contributed by atoms with Gasteiger partial charge in [0, 0.05) is 38.4 Å². The van der Waals surface area contributed by atoms with Crippen LogP contribution < -0.4 is 5.63 Å². The van der Waals surface area contributed by atoms with Gasteiger partial charge < -0.3 is 9.32 Å². The highest BCUT2D eigenvalue weighted by Gasteiger charge is 2.21. The second-order valence-corrected chi connectivity index (χ2v) is 8.13. The van der Waals surface area contributed by atoms with Crippen molar-refractivity contribution in [1.29, 1.82) is 0 Å². The van der Waals surface area contributed by atoms with E-state index in [2.05, 4.69) is 20.0 Å². The van der Waals surface area contributed by atoms with Gasteiger partial charge in [0.2, 0.25) is 5.91 Å². The highest BCUT2D eigenvalue weighted by Crippen LogP contribution is 2.14. The van der Waals surface area contributed by atoms with Crippen molar-refractivity contribution >= 4 is 16.7 Å². The SMILES string of the molecule is O=C(Cc1ccc(-n2cncn2)cn1)N1CCN(CCc2ccc3c(=O)occc3c2)CC1. The van der Waals surface area contributed by atoms with Gasteiger partial charge in [-0.15, -0.1) is 0 Å². The molecule has 0 aliphatic carbocycles. The molecule has 4 heterocycles. The number of hydrogen-bond donors (Lipinski definition) is 0. The summed E-state index contributed by atoms with van der Waals surface area (Å²) in [7, 11) is 0. The summed E-state index contributed by atoms with van der Waals surface area (Å²) in [6.45, 7) is 4.05. The van der Waals surface area contributed by atoms with Gasteiger partial charge in [-0.25, -0.2) is 14.5 Å². The number of carbonyl (C=O) groups excluding carboxylic acids is 1. The van der Waals surface area contributed by atoms with Crippen molar-refractivity contribution in [3.05, 3.63) is 83.2 Å². The van der Waals surface area contributed by atoms with E-state index >= 15 is 0 Å². The zero-order valence-electron chi connectivity index (χ0n) is 18.1. The number of hydrogen-bond acceptors (Lipinski definition) is 7. The number of benzene rings is 1. The maximum absolute atomic E-state index is 12.7. The number of pyridine rings is 1. The Kier molecular flexibility index (Phi) is 5.95. The Balaban J connectivity index is 1.10. The van der Waals surface area contributed by atoms with Crippen molar-refractivity contribution in [2.45, 2.75) is 12.8 Å². The number of aromatic nitrogens is 4. The Bertz CT molecular complexity index is 1290. The van der Waals surface area contributed by atoms with E-state index in [9.17, 15) is 9.59 Å². The molecule has 0 unspecified atom stereocenters. The molecule has 4 aromatic rings. The molecule has 0 bridgehead atoms. The molecule has 1 saturated heterocycles. The first-order valence-electron chi connectivity index (χ1n) is 11.0. The predicted molar refractivity (Wildman–Crippen MR) is 122 cm³/mol. The number of fused-ring (bicyclic) bond motifs is 1. The minimum atomic E-state index is -0.304. The lowest BCUT2D eigenvalue weighted by atomic mass is 10.1. The Hall–Kier alpha value is -3.85. The van der Waals surface area contributed by atoms with Gasteiger partial charge in [0.1, 0.15) is 12.7 Å². The summed E-state index contributed by atoms with van der Waals surface area (Å²) in [5, 5.41) is 5.59. The molecular weight excluding hydrogens is 420 g/mol. The van der Waals surface area contributed by atoms with E-state index in [1.54, 1.807) is 17.2 Å². The van der Waals surface area contributed by atoms with Crippen LogP contribution in [0.3, 0.4) is 0 Å². The summed E-state index contributed by atoms with van der Waals surface area (Å²) in [5.41, 5.74) is 2.44. The van der Waals surface area contributed by atoms with Gasteiger partial charge >= 0.3 is 5.63 Å². The van der Waals surface area contributed by atoms with Crippen LogP contribution in [0.5, 0.6) is 0 Å². The van der Waals surface area contributed by atoms with Crippen molar-refractivity contribution in [2.24, 2.45) is 0 Å². The van der Waals surface area contributed by atoms with Crippen molar-refractivity contribution in [2.75, 3.05) is 32.7 Å². The van der Waals surface area contributed by atoms with E-state index in [-0.39, 0.29) is 11.5 Å². The average Bonchev–Trinajstić information content (AvgIpc) is 3.39. The van der Waals surface area contributed by atoms with Crippen molar-refractivity contribution in [1.82, 2.24) is 29.5 Å². The molecule has 0 radical (unpaired) electrons. The van der Waals surface area contributed by atoms with E-state index in [0.29, 0.717) is 24.9 Å². The highest BCUT2D eigenvalue weighted by atomic mass is 16.4. The van der Waals surface area contributed by atoms with Crippen LogP contribution in [0.2, 0.25) is 0 Å². The molecule has 1 aromatic carbocycles. The summed E-state index contributed by atoms with van der Waals surface area (Å²) >= 11 is 0. The molecule has 3 aromatic heterocycles. The molecule has 1 aliphatic heterocycles. The topological polar surface area (TPSA) is 97.4 Å². The quantitative estimate of drug-likeness (QED) is 0.446. The summed E-state index contributed by atoms with van der Waals surface area (Å²) in [6, 6.07) is 11.4. The van der Waals surface area contributed by atoms with Crippen LogP contribution in [0, 0.1) is 0 Å². The molecule has 1 aliphatic rings. The summed E-state index contributed by atoms with van der Waals surface area (Å²) in [4.78, 5) is 37.1. The highest BCUT2D eigenvalue weighted by molar-refractivity contribution is 5.81. The zero-order chi connectivity index (χ0) is 22.6. The van der Waals surface area contributed by atoms with Gasteiger partial charge in [0.15, 0.2) is 0 Å². The number of carbonyl (C=O) groups is 1. The fourth-order valence-electron chi connectivity index (χ4n) is 4.10. The minimum absolute atomic E-state index is 0.101. The Morgan fingerprint density at radius 1 is 1.06 bits per heavy atom. The van der Waals surface area contributed by atoms with Crippen molar-refractivity contribution in [3.63, 3.8) is 0 Å². The van der Waals surface area contributed by atoms with Crippen molar-refractivity contribution in [3.8, 4) is 5.69 Å². The largest absolute Gasteiger partial charge is 0.431 e. The second kappa shape index (κ2) is 9.33. The Morgan fingerprint density at radius 3 is 2.70 bits per heavy atom. The normalized spacial score (nSPS) is 14.6. The van der Waals surface area contributed by atoms with Gasteiger partial charge in [0.25, 0.3) is 0 Å². The first kappa shape index (κ1) is 21.0. The first-order valence-corrected chi connectivity index (χ1v) is 11.0. The first-order chi connectivity index (χ1) is 16.2. The van der Waals surface area contributed by atoms with Crippen LogP contribution >= 0.6 is 0 Å². The molecule has 0 spiro atoms. The summed E-state index contributed by atoms with van der Waals surface area (Å²) in [5.74, 6) is 0.101. The van der Waals surface area contributed by atoms with Gasteiger partial charge in [0.05, 0.1) is 30.0 Å². The number of piperazine rings is 1. The maximum Gasteiger partial charge on any atom is 0.343 e. The van der Waals surface area contributed by atoms with Crippen LogP contribution in [0.25, 0.3) is 16.5 Å². The van der Waals surface area contributed by atoms with Crippen LogP contribution in [-0.4, -0.2) is 68.2 Å². The maximum atomic E-state index is 12.7. The molecule has 0 atom stereocenters. The molecule has 1 amide bonds. The van der Waals surface area contributed by atoms with Gasteiger partial charge in [-0.05, 0) is 41.6 Å². The Labute approximate surface area is 190 Å². The van der Waals surface area contributed by atoms with Gasteiger partial charge in [-0.1, -0.05) is 12.1 Å². The molecule has 5 rings (SSSR count). The standard InChI is InChI=1S/C24H24N6O3/c31-23(14-20-2-3-21(15-26-20)30-17-25-16-27-30)29-10-8-28(9-11-29)7-5-18-1-4-22-19(13-18)6-12-33-24(22)32/h1-4,6,12-13,15-17H,5,7-11,14H2. The molecular formula is C24H24N6O3. The molecule has 9 heteroatoms. The Morgan fingerprint density at radius 2 is 1.94 bits per heavy atom. The van der Waals surface area contributed by atoms with E-state index in [1.165, 1.54) is 18.2 Å². The number of nitrogens with zero attached hydrogens (tertiary/aromatic N) is 6. The molecule has 168 valence electrons. The summed E-state index contributed by atoms with van der Waals surface area (Å²) < 4.78 is 6.55. The third kappa shape index (κ3) is 4.83. The lowest BCUT2D eigenvalue weighted by Gasteiger charge is -2.34. The van der Waals surface area contributed by atoms with Crippen LogP contribution in [-0.2, 0) is 17.6 Å². The molecule has 9 nitrogen and oxygen atoms in total. The average molecular weight is 444 g/mol. The van der Waals surface area contributed by atoms with Crippen molar-refractivity contribution < 1.29 is 9.21 Å². The predicted octanol–water partition coefficient (Wildman–Crippen LogP) is 1.70. The van der Waals surface area contributed by atoms with E-state index in [1.807, 2.05) is 41.3 Å². The van der Waals surface area contributed by atoms with Crippen LogP contribution in [0.4, 0.5) is 0 Å². The fraction of sp³-hybridized carbons (Fsp3) is 0.292. The lowest BCUT2D eigenvalue weighted by Crippen LogP contribution is -2.49. The number of rotatable bonds is 6. The number of amides is 1. The molecule has 33 heavy (non-hydrogen) atoms. The van der Waals surface area contributed by atoms with Gasteiger partial charge in [-0.2, -0.15) is 5.10 Å². The molecule has 0 saturated carbocycles. The fourth-order valence-corrected chi connectivity index (χ4v) is 4.10. The zero-order valence-corrected chi connectivity index (χ0v) is 18.1. The van der Waals surface area contributed by atoms with Crippen LogP contribution in [0.15, 0.2) is 70.7 Å². The molecule has 0 N–H and O–H groups in total. The minimum Gasteiger partial charge on any atom is -0.431 e. The van der Waals surface area contributed by atoms with Crippen LogP contribution in [0.1, 0.15) is 11.3 Å². The van der Waals surface area contributed by atoms with Gasteiger partial charge in [-0.3, -0.25) is 14.7 Å². The third-order valence-corrected chi connectivity index (χ3v) is 6.03. The van der Waals surface area contributed by atoms with E-state index < -0.39 is 0 Å².